The van der Waals surface area contributed by atoms with Gasteiger partial charge in [0.2, 0.25) is 5.91 Å². The monoisotopic (exact) mass is 424 g/mol. The van der Waals surface area contributed by atoms with E-state index in [9.17, 15) is 19.7 Å². The van der Waals surface area contributed by atoms with Gasteiger partial charge in [-0.1, -0.05) is 30.3 Å². The Morgan fingerprint density at radius 1 is 1.23 bits per heavy atom. The predicted molar refractivity (Wildman–Crippen MR) is 113 cm³/mol. The third kappa shape index (κ3) is 4.13. The van der Waals surface area contributed by atoms with Crippen LogP contribution in [-0.4, -0.2) is 20.4 Å². The van der Waals surface area contributed by atoms with E-state index in [-0.39, 0.29) is 30.1 Å². The van der Waals surface area contributed by atoms with Gasteiger partial charge in [-0.25, -0.2) is 9.78 Å². The van der Waals surface area contributed by atoms with Crippen LogP contribution in [0.25, 0.3) is 22.4 Å². The number of rotatable bonds is 7. The molecule has 2 aromatic heterocycles. The van der Waals surface area contributed by atoms with Crippen molar-refractivity contribution in [3.05, 3.63) is 74.6 Å². The second-order valence-corrected chi connectivity index (χ2v) is 7.34. The molecule has 2 aromatic carbocycles. The number of hydrogen-bond acceptors (Lipinski definition) is 7. The van der Waals surface area contributed by atoms with Crippen molar-refractivity contribution in [1.29, 1.82) is 0 Å². The van der Waals surface area contributed by atoms with E-state index in [1.165, 1.54) is 34.1 Å². The van der Waals surface area contributed by atoms with Crippen LogP contribution >= 0.6 is 11.3 Å². The minimum Gasteiger partial charge on any atom is -0.407 e. The van der Waals surface area contributed by atoms with Gasteiger partial charge < -0.3 is 9.73 Å². The Balaban J connectivity index is 1.36. The second-order valence-electron chi connectivity index (χ2n) is 6.48. The van der Waals surface area contributed by atoms with Gasteiger partial charge in [-0.15, -0.1) is 11.3 Å². The van der Waals surface area contributed by atoms with Crippen molar-refractivity contribution in [3.8, 4) is 11.3 Å². The zero-order valence-electron chi connectivity index (χ0n) is 15.6. The summed E-state index contributed by atoms with van der Waals surface area (Å²) in [6.07, 6.45) is 0.584. The van der Waals surface area contributed by atoms with Gasteiger partial charge in [0.1, 0.15) is 0 Å². The van der Waals surface area contributed by atoms with Crippen LogP contribution in [0.2, 0.25) is 0 Å². The van der Waals surface area contributed by atoms with E-state index in [0.717, 1.165) is 11.3 Å². The number of aromatic nitrogens is 2. The largest absolute Gasteiger partial charge is 0.419 e. The molecule has 0 unspecified atom stereocenters. The lowest BCUT2D eigenvalue weighted by Gasteiger charge is -2.03. The molecule has 0 radical (unpaired) electrons. The molecule has 9 nitrogen and oxygen atoms in total. The minimum absolute atomic E-state index is 0.148. The number of non-ortho nitro benzene ring substituents is 1. The van der Waals surface area contributed by atoms with E-state index in [1.807, 2.05) is 35.7 Å². The molecule has 4 rings (SSSR count). The van der Waals surface area contributed by atoms with E-state index < -0.39 is 10.7 Å². The van der Waals surface area contributed by atoms with Gasteiger partial charge >= 0.3 is 5.76 Å². The maximum atomic E-state index is 12.2. The average Bonchev–Trinajstić information content (AvgIpc) is 3.32. The van der Waals surface area contributed by atoms with Crippen molar-refractivity contribution in [3.63, 3.8) is 0 Å². The maximum absolute atomic E-state index is 12.2. The molecule has 0 atom stereocenters. The minimum atomic E-state index is -0.613. The number of amides is 1. The quantitative estimate of drug-likeness (QED) is 0.353. The van der Waals surface area contributed by atoms with Crippen LogP contribution in [0.15, 0.2) is 63.1 Å². The van der Waals surface area contributed by atoms with Crippen molar-refractivity contribution in [2.24, 2.45) is 0 Å². The first kappa shape index (κ1) is 19.5. The third-order valence-electron chi connectivity index (χ3n) is 4.47. The number of nitro groups is 1. The lowest BCUT2D eigenvalue weighted by atomic mass is 10.2. The van der Waals surface area contributed by atoms with E-state index in [4.69, 9.17) is 4.42 Å². The number of aryl methyl sites for hydroxylation is 1. The molecule has 4 aromatic rings. The van der Waals surface area contributed by atoms with E-state index in [1.54, 1.807) is 0 Å². The summed E-state index contributed by atoms with van der Waals surface area (Å²) in [7, 11) is 0. The molecule has 0 saturated heterocycles. The molecular formula is C20H16N4O5S. The number of nitrogens with one attached hydrogen (secondary N) is 1. The molecule has 1 amide bonds. The number of thiazole rings is 1. The highest BCUT2D eigenvalue weighted by molar-refractivity contribution is 7.14. The fraction of sp³-hybridized carbons (Fsp3) is 0.150. The first-order chi connectivity index (χ1) is 14.5. The van der Waals surface area contributed by atoms with Crippen molar-refractivity contribution < 1.29 is 14.1 Å². The molecule has 10 heteroatoms. The fourth-order valence-corrected chi connectivity index (χ4v) is 3.77. The number of nitrogens with zero attached hydrogens (tertiary/aromatic N) is 3. The molecule has 0 aliphatic carbocycles. The lowest BCUT2D eigenvalue weighted by molar-refractivity contribution is -0.384. The van der Waals surface area contributed by atoms with Crippen LogP contribution in [0.3, 0.4) is 0 Å². The maximum Gasteiger partial charge on any atom is 0.419 e. The highest BCUT2D eigenvalue weighted by Gasteiger charge is 2.14. The van der Waals surface area contributed by atoms with Gasteiger partial charge in [0.05, 0.1) is 22.2 Å². The number of hydrogen-bond donors (Lipinski definition) is 1. The standard InChI is InChI=1S/C20H16N4O5S/c25-18(22-19-21-15(12-30-19)13-5-2-1-3-6-13)7-4-10-23-16-9-8-14(24(27)28)11-17(16)29-20(23)26/h1-3,5-6,8-9,11-12H,4,7,10H2,(H,21,22,25). The van der Waals surface area contributed by atoms with Crippen LogP contribution in [-0.2, 0) is 11.3 Å². The summed E-state index contributed by atoms with van der Waals surface area (Å²) in [4.78, 5) is 39.0. The van der Waals surface area contributed by atoms with Gasteiger partial charge in [0.25, 0.3) is 5.69 Å². The molecule has 0 saturated carbocycles. The van der Waals surface area contributed by atoms with E-state index in [2.05, 4.69) is 10.3 Å². The van der Waals surface area contributed by atoms with Crippen molar-refractivity contribution in [2.45, 2.75) is 19.4 Å². The van der Waals surface area contributed by atoms with Crippen LogP contribution < -0.4 is 11.1 Å². The summed E-state index contributed by atoms with van der Waals surface area (Å²) in [6, 6.07) is 13.7. The molecule has 0 aliphatic heterocycles. The molecule has 1 N–H and O–H groups in total. The number of fused-ring (bicyclic) bond motifs is 1. The van der Waals surface area contributed by atoms with E-state index >= 15 is 0 Å². The van der Waals surface area contributed by atoms with Crippen molar-refractivity contribution >= 4 is 39.2 Å². The first-order valence-electron chi connectivity index (χ1n) is 9.10. The number of nitro benzene ring substituents is 1. The number of carbonyl (C=O) groups excluding carboxylic acids is 1. The summed E-state index contributed by atoms with van der Waals surface area (Å²) >= 11 is 1.34. The molecule has 0 aliphatic rings. The molecule has 0 bridgehead atoms. The second kappa shape index (κ2) is 8.29. The van der Waals surface area contributed by atoms with Crippen LogP contribution in [0.1, 0.15) is 12.8 Å². The normalized spacial score (nSPS) is 10.9. The van der Waals surface area contributed by atoms with Gasteiger partial charge in [0.15, 0.2) is 10.7 Å². The Bertz CT molecular complexity index is 1280. The van der Waals surface area contributed by atoms with Gasteiger partial charge in [-0.3, -0.25) is 19.5 Å². The zero-order chi connectivity index (χ0) is 21.1. The van der Waals surface area contributed by atoms with E-state index in [0.29, 0.717) is 17.1 Å². The Hall–Kier alpha value is -3.79. The highest BCUT2D eigenvalue weighted by atomic mass is 32.1. The number of carbonyl (C=O) groups is 1. The van der Waals surface area contributed by atoms with Crippen LogP contribution in [0.4, 0.5) is 10.8 Å². The zero-order valence-corrected chi connectivity index (χ0v) is 16.4. The lowest BCUT2D eigenvalue weighted by Crippen LogP contribution is -2.17. The molecule has 152 valence electrons. The van der Waals surface area contributed by atoms with Crippen LogP contribution in [0.5, 0.6) is 0 Å². The first-order valence-corrected chi connectivity index (χ1v) is 9.98. The Morgan fingerprint density at radius 3 is 2.80 bits per heavy atom. The number of anilines is 1. The smallest absolute Gasteiger partial charge is 0.407 e. The molecular weight excluding hydrogens is 408 g/mol. The molecule has 2 heterocycles. The summed E-state index contributed by atoms with van der Waals surface area (Å²) in [5.74, 6) is -0.821. The predicted octanol–water partition coefficient (Wildman–Crippen LogP) is 4.05. The van der Waals surface area contributed by atoms with Gasteiger partial charge in [-0.05, 0) is 12.5 Å². The average molecular weight is 424 g/mol. The van der Waals surface area contributed by atoms with Gasteiger partial charge in [0, 0.05) is 30.0 Å². The summed E-state index contributed by atoms with van der Waals surface area (Å²) < 4.78 is 6.45. The van der Waals surface area contributed by atoms with Crippen molar-refractivity contribution in [2.75, 3.05) is 5.32 Å². The summed E-state index contributed by atoms with van der Waals surface area (Å²) in [5, 5.41) is 16.0. The summed E-state index contributed by atoms with van der Waals surface area (Å²) in [5.41, 5.74) is 2.22. The Labute approximate surface area is 173 Å². The molecule has 30 heavy (non-hydrogen) atoms. The summed E-state index contributed by atoms with van der Waals surface area (Å²) in [6.45, 7) is 0.254. The number of oxazole rings is 1. The SMILES string of the molecule is O=C(CCCn1c(=O)oc2cc([N+](=O)[O-])ccc21)Nc1nc(-c2ccccc2)cs1. The topological polar surface area (TPSA) is 120 Å². The molecule has 0 fully saturated rings. The van der Waals surface area contributed by atoms with Crippen LogP contribution in [0, 0.1) is 10.1 Å². The van der Waals surface area contributed by atoms with Crippen molar-refractivity contribution in [1.82, 2.24) is 9.55 Å². The Kier molecular flexibility index (Phi) is 5.40. The fourth-order valence-electron chi connectivity index (χ4n) is 3.03. The number of benzene rings is 2. The Morgan fingerprint density at radius 2 is 2.03 bits per heavy atom. The van der Waals surface area contributed by atoms with Gasteiger partial charge in [-0.2, -0.15) is 0 Å². The molecule has 0 spiro atoms. The third-order valence-corrected chi connectivity index (χ3v) is 5.23. The highest BCUT2D eigenvalue weighted by Crippen LogP contribution is 2.25.